The van der Waals surface area contributed by atoms with Gasteiger partial charge in [0.25, 0.3) is 0 Å². The smallest absolute Gasteiger partial charge is 0.0911 e. The van der Waals surface area contributed by atoms with Crippen molar-refractivity contribution in [2.45, 2.75) is 12.1 Å². The van der Waals surface area contributed by atoms with Crippen LogP contribution in [-0.4, -0.2) is 49.8 Å². The number of nitrogens with one attached hydrogen (secondary N) is 1. The number of nitrogens with zero attached hydrogens (tertiary/aromatic N) is 2. The van der Waals surface area contributed by atoms with Gasteiger partial charge in [-0.2, -0.15) is 0 Å². The summed E-state index contributed by atoms with van der Waals surface area (Å²) in [5.41, 5.74) is 2.14. The van der Waals surface area contributed by atoms with Crippen LogP contribution in [0.4, 0.5) is 0 Å². The van der Waals surface area contributed by atoms with E-state index in [1.165, 1.54) is 5.39 Å². The van der Waals surface area contributed by atoms with Crippen molar-refractivity contribution < 1.29 is 4.74 Å². The molecule has 2 atom stereocenters. The van der Waals surface area contributed by atoms with Crippen molar-refractivity contribution in [2.24, 2.45) is 0 Å². The second-order valence-corrected chi connectivity index (χ2v) is 5.32. The lowest BCUT2D eigenvalue weighted by atomic mass is 10.0. The third kappa shape index (κ3) is 2.54. The summed E-state index contributed by atoms with van der Waals surface area (Å²) in [7, 11) is 4.11. The molecule has 4 heteroatoms. The molecule has 3 rings (SSSR count). The number of ether oxygens (including phenoxy) is 1. The molecule has 4 nitrogen and oxygen atoms in total. The van der Waals surface area contributed by atoms with Crippen LogP contribution in [0.25, 0.3) is 10.9 Å². The van der Waals surface area contributed by atoms with E-state index in [1.54, 1.807) is 0 Å². The number of morpholine rings is 1. The fraction of sp³-hybridized carbons (Fsp3) is 0.438. The Kier molecular flexibility index (Phi) is 3.96. The predicted octanol–water partition coefficient (Wildman–Crippen LogP) is 1.83. The summed E-state index contributed by atoms with van der Waals surface area (Å²) < 4.78 is 5.92. The number of rotatable bonds is 3. The molecule has 1 aliphatic heterocycles. The Hall–Kier alpha value is -1.49. The molecule has 0 amide bonds. The average molecular weight is 271 g/mol. The number of hydrogen-bond donors (Lipinski definition) is 1. The van der Waals surface area contributed by atoms with Gasteiger partial charge in [-0.25, -0.2) is 0 Å². The zero-order valence-electron chi connectivity index (χ0n) is 12.0. The van der Waals surface area contributed by atoms with Crippen molar-refractivity contribution in [2.75, 3.05) is 33.8 Å². The van der Waals surface area contributed by atoms with Gasteiger partial charge in [0, 0.05) is 18.5 Å². The van der Waals surface area contributed by atoms with E-state index < -0.39 is 0 Å². The van der Waals surface area contributed by atoms with Crippen LogP contribution >= 0.6 is 0 Å². The van der Waals surface area contributed by atoms with E-state index in [-0.39, 0.29) is 12.1 Å². The maximum atomic E-state index is 5.92. The molecular formula is C16H21N3O. The topological polar surface area (TPSA) is 37.4 Å². The number of para-hydroxylation sites is 1. The number of hydrogen-bond acceptors (Lipinski definition) is 4. The zero-order chi connectivity index (χ0) is 13.9. The van der Waals surface area contributed by atoms with E-state index in [0.717, 1.165) is 30.9 Å². The lowest BCUT2D eigenvalue weighted by Gasteiger charge is -2.38. The Morgan fingerprint density at radius 3 is 3.00 bits per heavy atom. The summed E-state index contributed by atoms with van der Waals surface area (Å²) in [6, 6.07) is 12.7. The maximum absolute atomic E-state index is 5.92. The Balaban J connectivity index is 1.97. The highest BCUT2D eigenvalue weighted by atomic mass is 16.5. The molecule has 2 unspecified atom stereocenters. The van der Waals surface area contributed by atoms with Crippen LogP contribution in [0.15, 0.2) is 36.4 Å². The van der Waals surface area contributed by atoms with Crippen LogP contribution in [0.2, 0.25) is 0 Å². The van der Waals surface area contributed by atoms with E-state index in [2.05, 4.69) is 41.5 Å². The summed E-state index contributed by atoms with van der Waals surface area (Å²) in [5.74, 6) is 0. The Morgan fingerprint density at radius 2 is 2.15 bits per heavy atom. The van der Waals surface area contributed by atoms with Gasteiger partial charge < -0.3 is 10.1 Å². The van der Waals surface area contributed by atoms with Crippen molar-refractivity contribution in [1.82, 2.24) is 15.2 Å². The van der Waals surface area contributed by atoms with Gasteiger partial charge in [0.2, 0.25) is 0 Å². The van der Waals surface area contributed by atoms with Crippen molar-refractivity contribution in [3.05, 3.63) is 42.1 Å². The van der Waals surface area contributed by atoms with Gasteiger partial charge in [-0.15, -0.1) is 0 Å². The monoisotopic (exact) mass is 271 g/mol. The lowest BCUT2D eigenvalue weighted by molar-refractivity contribution is -0.0618. The first-order chi connectivity index (χ1) is 9.79. The summed E-state index contributed by atoms with van der Waals surface area (Å²) in [4.78, 5) is 7.17. The fourth-order valence-electron chi connectivity index (χ4n) is 2.90. The van der Waals surface area contributed by atoms with Gasteiger partial charge in [0.1, 0.15) is 0 Å². The van der Waals surface area contributed by atoms with Gasteiger partial charge in [-0.3, -0.25) is 9.88 Å². The number of pyridine rings is 1. The minimum Gasteiger partial charge on any atom is -0.374 e. The summed E-state index contributed by atoms with van der Waals surface area (Å²) in [6.45, 7) is 2.57. The molecule has 1 N–H and O–H groups in total. The first-order valence-corrected chi connectivity index (χ1v) is 7.12. The molecule has 1 aliphatic rings. The van der Waals surface area contributed by atoms with Crippen molar-refractivity contribution in [3.63, 3.8) is 0 Å². The van der Waals surface area contributed by atoms with Crippen LogP contribution in [0.5, 0.6) is 0 Å². The quantitative estimate of drug-likeness (QED) is 0.924. The third-order valence-electron chi connectivity index (χ3n) is 3.93. The molecule has 0 aliphatic carbocycles. The molecule has 0 radical (unpaired) electrons. The average Bonchev–Trinajstić information content (AvgIpc) is 2.47. The van der Waals surface area contributed by atoms with Gasteiger partial charge in [-0.1, -0.05) is 24.3 Å². The van der Waals surface area contributed by atoms with Gasteiger partial charge in [-0.05, 0) is 26.2 Å². The number of fused-ring (bicyclic) bond motifs is 1. The van der Waals surface area contributed by atoms with Crippen LogP contribution in [-0.2, 0) is 4.74 Å². The number of likely N-dealkylation sites (N-methyl/N-ethyl adjacent to an activating group) is 2. The SMILES string of the molecule is CNCC1OCCN(C)C1c1ccc2ccccc2n1. The number of benzene rings is 1. The van der Waals surface area contributed by atoms with E-state index in [1.807, 2.05) is 19.2 Å². The zero-order valence-corrected chi connectivity index (χ0v) is 12.0. The molecule has 106 valence electrons. The largest absolute Gasteiger partial charge is 0.374 e. The Labute approximate surface area is 119 Å². The van der Waals surface area contributed by atoms with Crippen LogP contribution in [0.3, 0.4) is 0 Å². The highest BCUT2D eigenvalue weighted by Crippen LogP contribution is 2.28. The van der Waals surface area contributed by atoms with Crippen LogP contribution < -0.4 is 5.32 Å². The summed E-state index contributed by atoms with van der Waals surface area (Å²) in [6.07, 6.45) is 0.146. The molecule has 2 heterocycles. The molecule has 1 fully saturated rings. The minimum atomic E-state index is 0.146. The first-order valence-electron chi connectivity index (χ1n) is 7.12. The second-order valence-electron chi connectivity index (χ2n) is 5.32. The van der Waals surface area contributed by atoms with Crippen molar-refractivity contribution in [3.8, 4) is 0 Å². The molecule has 0 bridgehead atoms. The Morgan fingerprint density at radius 1 is 1.30 bits per heavy atom. The fourth-order valence-corrected chi connectivity index (χ4v) is 2.90. The Bertz CT molecular complexity index is 585. The molecule has 2 aromatic rings. The molecular weight excluding hydrogens is 250 g/mol. The first kappa shape index (κ1) is 13.5. The highest BCUT2D eigenvalue weighted by molar-refractivity contribution is 5.78. The lowest BCUT2D eigenvalue weighted by Crippen LogP contribution is -2.47. The number of aromatic nitrogens is 1. The molecule has 20 heavy (non-hydrogen) atoms. The standard InChI is InChI=1S/C16H21N3O/c1-17-11-15-16(19(2)9-10-20-15)14-8-7-12-5-3-4-6-13(12)18-14/h3-8,15-17H,9-11H2,1-2H3. The van der Waals surface area contributed by atoms with Crippen molar-refractivity contribution >= 4 is 10.9 Å². The molecule has 1 aromatic heterocycles. The summed E-state index contributed by atoms with van der Waals surface area (Å²) >= 11 is 0. The second kappa shape index (κ2) is 5.87. The van der Waals surface area contributed by atoms with Gasteiger partial charge in [0.15, 0.2) is 0 Å². The van der Waals surface area contributed by atoms with Crippen LogP contribution in [0.1, 0.15) is 11.7 Å². The van der Waals surface area contributed by atoms with E-state index >= 15 is 0 Å². The van der Waals surface area contributed by atoms with Crippen LogP contribution in [0, 0.1) is 0 Å². The summed E-state index contributed by atoms with van der Waals surface area (Å²) in [5, 5.41) is 4.40. The predicted molar refractivity (Wildman–Crippen MR) is 80.8 cm³/mol. The third-order valence-corrected chi connectivity index (χ3v) is 3.93. The van der Waals surface area contributed by atoms with Gasteiger partial charge >= 0.3 is 0 Å². The maximum Gasteiger partial charge on any atom is 0.0911 e. The minimum absolute atomic E-state index is 0.146. The van der Waals surface area contributed by atoms with Crippen molar-refractivity contribution in [1.29, 1.82) is 0 Å². The molecule has 1 saturated heterocycles. The van der Waals surface area contributed by atoms with E-state index in [0.29, 0.717) is 0 Å². The highest BCUT2D eigenvalue weighted by Gasteiger charge is 2.32. The van der Waals surface area contributed by atoms with E-state index in [9.17, 15) is 0 Å². The van der Waals surface area contributed by atoms with Gasteiger partial charge in [0.05, 0.1) is 30.0 Å². The molecule has 0 spiro atoms. The normalized spacial score (nSPS) is 24.1. The molecule has 1 aromatic carbocycles. The van der Waals surface area contributed by atoms with E-state index in [4.69, 9.17) is 9.72 Å². The molecule has 0 saturated carbocycles.